The van der Waals surface area contributed by atoms with E-state index in [1.54, 1.807) is 0 Å². The van der Waals surface area contributed by atoms with Crippen molar-refractivity contribution in [2.45, 2.75) is 25.2 Å². The number of nitrogens with zero attached hydrogens (tertiary/aromatic N) is 1. The molecule has 0 spiro atoms. The van der Waals surface area contributed by atoms with Gasteiger partial charge in [0.2, 0.25) is 0 Å². The van der Waals surface area contributed by atoms with Gasteiger partial charge in [-0.2, -0.15) is 0 Å². The zero-order valence-corrected chi connectivity index (χ0v) is 12.7. The van der Waals surface area contributed by atoms with Crippen LogP contribution in [0, 0.1) is 0 Å². The molecule has 2 aliphatic rings. The highest BCUT2D eigenvalue weighted by molar-refractivity contribution is 5.86. The molecule has 118 valence electrons. The van der Waals surface area contributed by atoms with Gasteiger partial charge in [0.15, 0.2) is 17.7 Å². The third-order valence-electron chi connectivity index (χ3n) is 3.83. The smallest absolute Gasteiger partial charge is 0.334 e. The fraction of sp³-hybridized carbons (Fsp3) is 0.500. The van der Waals surface area contributed by atoms with E-state index in [-0.39, 0.29) is 12.6 Å². The first-order valence-corrected chi connectivity index (χ1v) is 7.25. The molecule has 1 fully saturated rings. The van der Waals surface area contributed by atoms with E-state index in [2.05, 4.69) is 9.73 Å². The van der Waals surface area contributed by atoms with E-state index in [1.165, 1.54) is 7.11 Å². The van der Waals surface area contributed by atoms with Crippen LogP contribution in [0.1, 0.15) is 18.1 Å². The molecule has 3 rings (SSSR count). The Morgan fingerprint density at radius 3 is 2.91 bits per heavy atom. The number of rotatable bonds is 4. The second-order valence-electron chi connectivity index (χ2n) is 5.39. The maximum atomic E-state index is 11.4. The first-order chi connectivity index (χ1) is 10.6. The molecule has 6 heteroatoms. The second-order valence-corrected chi connectivity index (χ2v) is 5.39. The molecule has 0 amide bonds. The number of benzene rings is 1. The maximum Gasteiger partial charge on any atom is 0.334 e. The van der Waals surface area contributed by atoms with E-state index in [0.717, 1.165) is 11.1 Å². The minimum atomic E-state index is -0.692. The quantitative estimate of drug-likeness (QED) is 0.787. The van der Waals surface area contributed by atoms with Crippen LogP contribution in [-0.4, -0.2) is 44.8 Å². The van der Waals surface area contributed by atoms with Crippen LogP contribution in [-0.2, 0) is 35.9 Å². The number of ether oxygens (including phenoxy) is 4. The first kappa shape index (κ1) is 15.0. The summed E-state index contributed by atoms with van der Waals surface area (Å²) in [5.74, 6) is -0.516. The molecular formula is C16H19NO5. The Labute approximate surface area is 129 Å². The highest BCUT2D eigenvalue weighted by Gasteiger charge is 2.33. The van der Waals surface area contributed by atoms with Crippen LogP contribution in [0.25, 0.3) is 0 Å². The monoisotopic (exact) mass is 305 g/mol. The maximum absolute atomic E-state index is 11.4. The molecule has 2 heterocycles. The number of esters is 1. The number of carbonyl (C=O) groups is 1. The van der Waals surface area contributed by atoms with E-state index >= 15 is 0 Å². The van der Waals surface area contributed by atoms with Gasteiger partial charge in [0.05, 0.1) is 20.3 Å². The van der Waals surface area contributed by atoms with E-state index in [9.17, 15) is 4.79 Å². The minimum absolute atomic E-state index is 0.242. The van der Waals surface area contributed by atoms with Crippen molar-refractivity contribution in [2.75, 3.05) is 26.9 Å². The van der Waals surface area contributed by atoms with Crippen LogP contribution in [0.2, 0.25) is 0 Å². The van der Waals surface area contributed by atoms with Gasteiger partial charge >= 0.3 is 5.97 Å². The SMILES string of the molecule is COC(=O)C1COC(Cc2cccc(C3(C)OCCO3)c2)=N1. The van der Waals surface area contributed by atoms with Crippen molar-refractivity contribution in [1.29, 1.82) is 0 Å². The van der Waals surface area contributed by atoms with Gasteiger partial charge in [-0.3, -0.25) is 0 Å². The Hall–Kier alpha value is -1.92. The van der Waals surface area contributed by atoms with E-state index in [1.807, 2.05) is 31.2 Å². The molecule has 1 atom stereocenters. The number of hydrogen-bond donors (Lipinski definition) is 0. The van der Waals surface area contributed by atoms with Gasteiger partial charge in [-0.1, -0.05) is 18.2 Å². The lowest BCUT2D eigenvalue weighted by molar-refractivity contribution is -0.149. The number of carbonyl (C=O) groups excluding carboxylic acids is 1. The molecule has 0 aromatic heterocycles. The van der Waals surface area contributed by atoms with Crippen molar-refractivity contribution >= 4 is 11.9 Å². The fourth-order valence-corrected chi connectivity index (χ4v) is 2.60. The molecular weight excluding hydrogens is 286 g/mol. The molecule has 1 aromatic rings. The Morgan fingerprint density at radius 2 is 2.18 bits per heavy atom. The van der Waals surface area contributed by atoms with E-state index in [4.69, 9.17) is 14.2 Å². The predicted molar refractivity (Wildman–Crippen MR) is 78.6 cm³/mol. The fourth-order valence-electron chi connectivity index (χ4n) is 2.60. The Bertz CT molecular complexity index is 592. The summed E-state index contributed by atoms with van der Waals surface area (Å²) in [6, 6.07) is 7.38. The van der Waals surface area contributed by atoms with E-state index < -0.39 is 11.8 Å². The normalized spacial score (nSPS) is 23.0. The van der Waals surface area contributed by atoms with Gasteiger partial charge in [0.1, 0.15) is 6.61 Å². The average Bonchev–Trinajstić information content (AvgIpc) is 3.17. The molecule has 0 saturated carbocycles. The first-order valence-electron chi connectivity index (χ1n) is 7.25. The van der Waals surface area contributed by atoms with Gasteiger partial charge in [0.25, 0.3) is 0 Å². The van der Waals surface area contributed by atoms with Crippen molar-refractivity contribution in [2.24, 2.45) is 4.99 Å². The number of methoxy groups -OCH3 is 1. The second kappa shape index (κ2) is 6.06. The van der Waals surface area contributed by atoms with Crippen LogP contribution >= 0.6 is 0 Å². The summed E-state index contributed by atoms with van der Waals surface area (Å²) >= 11 is 0. The third kappa shape index (κ3) is 2.98. The lowest BCUT2D eigenvalue weighted by atomic mass is 10.0. The largest absolute Gasteiger partial charge is 0.478 e. The Kier molecular flexibility index (Phi) is 4.13. The molecule has 0 N–H and O–H groups in total. The molecule has 0 bridgehead atoms. The summed E-state index contributed by atoms with van der Waals surface area (Å²) in [6.07, 6.45) is 0.525. The van der Waals surface area contributed by atoms with Crippen molar-refractivity contribution < 1.29 is 23.7 Å². The molecule has 1 unspecified atom stereocenters. The molecule has 1 saturated heterocycles. The predicted octanol–water partition coefficient (Wildman–Crippen LogP) is 1.42. The Morgan fingerprint density at radius 1 is 1.41 bits per heavy atom. The molecule has 22 heavy (non-hydrogen) atoms. The van der Waals surface area contributed by atoms with Crippen LogP contribution in [0.15, 0.2) is 29.3 Å². The minimum Gasteiger partial charge on any atom is -0.478 e. The molecule has 2 aliphatic heterocycles. The summed E-state index contributed by atoms with van der Waals surface area (Å²) in [5, 5.41) is 0. The summed E-state index contributed by atoms with van der Waals surface area (Å²) in [7, 11) is 1.35. The Balaban J connectivity index is 1.72. The standard InChI is InChI=1S/C16H19NO5/c1-16(21-6-7-22-16)12-5-3-4-11(8-12)9-14-17-13(10-20-14)15(18)19-2/h3-5,8,13H,6-7,9-10H2,1-2H3. The molecule has 1 aromatic carbocycles. The lowest BCUT2D eigenvalue weighted by Crippen LogP contribution is -2.22. The van der Waals surface area contributed by atoms with Gasteiger partial charge in [-0.15, -0.1) is 0 Å². The number of hydrogen-bond acceptors (Lipinski definition) is 6. The zero-order valence-electron chi connectivity index (χ0n) is 12.7. The summed E-state index contributed by atoms with van der Waals surface area (Å²) < 4.78 is 21.5. The van der Waals surface area contributed by atoms with Crippen LogP contribution in [0.4, 0.5) is 0 Å². The zero-order chi connectivity index (χ0) is 15.6. The van der Waals surface area contributed by atoms with Crippen molar-refractivity contribution in [3.05, 3.63) is 35.4 Å². The molecule has 0 aliphatic carbocycles. The molecule has 0 radical (unpaired) electrons. The summed E-state index contributed by atoms with van der Waals surface area (Å²) in [5.41, 5.74) is 1.99. The highest BCUT2D eigenvalue weighted by atomic mass is 16.7. The van der Waals surface area contributed by atoms with Gasteiger partial charge in [-0.05, 0) is 18.6 Å². The third-order valence-corrected chi connectivity index (χ3v) is 3.83. The molecule has 6 nitrogen and oxygen atoms in total. The van der Waals surface area contributed by atoms with E-state index in [0.29, 0.717) is 25.5 Å². The average molecular weight is 305 g/mol. The van der Waals surface area contributed by atoms with Gasteiger partial charge in [0, 0.05) is 12.0 Å². The van der Waals surface area contributed by atoms with Crippen molar-refractivity contribution in [3.63, 3.8) is 0 Å². The number of aliphatic imine (C=N–C) groups is 1. The van der Waals surface area contributed by atoms with Crippen molar-refractivity contribution in [1.82, 2.24) is 0 Å². The van der Waals surface area contributed by atoms with Crippen molar-refractivity contribution in [3.8, 4) is 0 Å². The highest BCUT2D eigenvalue weighted by Crippen LogP contribution is 2.31. The van der Waals surface area contributed by atoms with Crippen LogP contribution in [0.5, 0.6) is 0 Å². The summed E-state index contributed by atoms with van der Waals surface area (Å²) in [4.78, 5) is 15.7. The van der Waals surface area contributed by atoms with Crippen LogP contribution in [0.3, 0.4) is 0 Å². The lowest BCUT2D eigenvalue weighted by Gasteiger charge is -2.23. The van der Waals surface area contributed by atoms with Gasteiger partial charge < -0.3 is 18.9 Å². The van der Waals surface area contributed by atoms with Gasteiger partial charge in [-0.25, -0.2) is 9.79 Å². The summed E-state index contributed by atoms with van der Waals surface area (Å²) in [6.45, 7) is 3.34. The van der Waals surface area contributed by atoms with Crippen LogP contribution < -0.4 is 0 Å². The topological polar surface area (TPSA) is 66.4 Å².